The fourth-order valence-corrected chi connectivity index (χ4v) is 2.71. The molecular formula is C14H17N3O2. The van der Waals surface area contributed by atoms with Crippen LogP contribution in [-0.4, -0.2) is 11.0 Å². The lowest BCUT2D eigenvalue weighted by Crippen LogP contribution is -2.23. The number of nitro benzene ring substituents is 1. The molecule has 1 atom stereocenters. The number of nitrogens with one attached hydrogen (secondary N) is 1. The molecule has 5 nitrogen and oxygen atoms in total. The molecule has 0 aromatic heterocycles. The summed E-state index contributed by atoms with van der Waals surface area (Å²) in [7, 11) is 0. The van der Waals surface area contributed by atoms with E-state index in [1.807, 2.05) is 6.07 Å². The Balaban J connectivity index is 2.13. The van der Waals surface area contributed by atoms with Crippen LogP contribution in [0.15, 0.2) is 18.2 Å². The standard InChI is InChI=1S/C14H17N3O2/c1-10(11-4-2-3-5-11)16-13-6-7-14(17(18)19)12(8-13)9-15/h6-8,10-11,16H,2-5H2,1H3. The molecule has 1 N–H and O–H groups in total. The Labute approximate surface area is 112 Å². The lowest BCUT2D eigenvalue weighted by atomic mass is 9.99. The number of nitro groups is 1. The summed E-state index contributed by atoms with van der Waals surface area (Å²) in [6.45, 7) is 2.13. The minimum Gasteiger partial charge on any atom is -0.382 e. The fraction of sp³-hybridized carbons (Fsp3) is 0.500. The quantitative estimate of drug-likeness (QED) is 0.663. The second-order valence-electron chi connectivity index (χ2n) is 5.08. The summed E-state index contributed by atoms with van der Waals surface area (Å²) in [5, 5.41) is 23.1. The van der Waals surface area contributed by atoms with Crippen molar-refractivity contribution >= 4 is 11.4 Å². The van der Waals surface area contributed by atoms with Gasteiger partial charge < -0.3 is 5.32 Å². The molecule has 1 unspecified atom stereocenters. The van der Waals surface area contributed by atoms with Crippen LogP contribution in [0.4, 0.5) is 11.4 Å². The molecule has 0 radical (unpaired) electrons. The first-order valence-electron chi connectivity index (χ1n) is 6.57. The second-order valence-corrected chi connectivity index (χ2v) is 5.08. The van der Waals surface area contributed by atoms with E-state index in [4.69, 9.17) is 5.26 Å². The molecule has 1 saturated carbocycles. The van der Waals surface area contributed by atoms with Gasteiger partial charge in [-0.15, -0.1) is 0 Å². The Morgan fingerprint density at radius 3 is 2.74 bits per heavy atom. The van der Waals surface area contributed by atoms with Gasteiger partial charge in [-0.05, 0) is 37.8 Å². The minimum absolute atomic E-state index is 0.105. The van der Waals surface area contributed by atoms with E-state index in [0.29, 0.717) is 12.0 Å². The highest BCUT2D eigenvalue weighted by Crippen LogP contribution is 2.30. The van der Waals surface area contributed by atoms with E-state index in [-0.39, 0.29) is 11.3 Å². The number of nitrogens with zero attached hydrogens (tertiary/aromatic N) is 2. The van der Waals surface area contributed by atoms with Gasteiger partial charge in [-0.25, -0.2) is 0 Å². The molecule has 1 aliphatic rings. The van der Waals surface area contributed by atoms with Crippen molar-refractivity contribution in [3.05, 3.63) is 33.9 Å². The number of nitriles is 1. The van der Waals surface area contributed by atoms with E-state index >= 15 is 0 Å². The molecule has 0 amide bonds. The van der Waals surface area contributed by atoms with Crippen LogP contribution >= 0.6 is 0 Å². The second kappa shape index (κ2) is 5.70. The average molecular weight is 259 g/mol. The van der Waals surface area contributed by atoms with Crippen molar-refractivity contribution < 1.29 is 4.92 Å². The maximum Gasteiger partial charge on any atom is 0.287 e. The van der Waals surface area contributed by atoms with E-state index in [1.165, 1.54) is 31.7 Å². The van der Waals surface area contributed by atoms with Gasteiger partial charge in [0, 0.05) is 17.8 Å². The Morgan fingerprint density at radius 2 is 2.16 bits per heavy atom. The molecular weight excluding hydrogens is 242 g/mol. The van der Waals surface area contributed by atoms with Crippen LogP contribution in [0.1, 0.15) is 38.2 Å². The van der Waals surface area contributed by atoms with Gasteiger partial charge in [0.2, 0.25) is 0 Å². The Bertz CT molecular complexity index is 516. The maximum absolute atomic E-state index is 10.8. The third-order valence-electron chi connectivity index (χ3n) is 3.81. The summed E-state index contributed by atoms with van der Waals surface area (Å²) < 4.78 is 0. The van der Waals surface area contributed by atoms with Gasteiger partial charge in [-0.1, -0.05) is 12.8 Å². The fourth-order valence-electron chi connectivity index (χ4n) is 2.71. The largest absolute Gasteiger partial charge is 0.382 e. The predicted molar refractivity (Wildman–Crippen MR) is 72.9 cm³/mol. The van der Waals surface area contributed by atoms with Crippen molar-refractivity contribution in [1.82, 2.24) is 0 Å². The molecule has 19 heavy (non-hydrogen) atoms. The highest BCUT2D eigenvalue weighted by molar-refractivity contribution is 5.59. The zero-order valence-electron chi connectivity index (χ0n) is 10.9. The zero-order valence-corrected chi connectivity index (χ0v) is 10.9. The maximum atomic E-state index is 10.8. The number of benzene rings is 1. The van der Waals surface area contributed by atoms with Gasteiger partial charge in [0.25, 0.3) is 5.69 Å². The lowest BCUT2D eigenvalue weighted by Gasteiger charge is -2.21. The number of hydrogen-bond donors (Lipinski definition) is 1. The normalized spacial score (nSPS) is 16.8. The molecule has 0 heterocycles. The summed E-state index contributed by atoms with van der Waals surface area (Å²) in [5.74, 6) is 0.653. The van der Waals surface area contributed by atoms with Crippen LogP contribution < -0.4 is 5.32 Å². The average Bonchev–Trinajstić information content (AvgIpc) is 2.92. The van der Waals surface area contributed by atoms with Crippen molar-refractivity contribution in [3.63, 3.8) is 0 Å². The van der Waals surface area contributed by atoms with E-state index in [2.05, 4.69) is 12.2 Å². The van der Waals surface area contributed by atoms with Gasteiger partial charge in [0.05, 0.1) is 4.92 Å². The van der Waals surface area contributed by atoms with Crippen molar-refractivity contribution in [2.45, 2.75) is 38.6 Å². The van der Waals surface area contributed by atoms with E-state index in [0.717, 1.165) is 5.69 Å². The first-order valence-corrected chi connectivity index (χ1v) is 6.57. The van der Waals surface area contributed by atoms with Gasteiger partial charge >= 0.3 is 0 Å². The van der Waals surface area contributed by atoms with Gasteiger partial charge in [-0.2, -0.15) is 5.26 Å². The summed E-state index contributed by atoms with van der Waals surface area (Å²) in [4.78, 5) is 10.2. The van der Waals surface area contributed by atoms with Crippen LogP contribution in [-0.2, 0) is 0 Å². The van der Waals surface area contributed by atoms with Crippen LogP contribution in [0.25, 0.3) is 0 Å². The summed E-state index contributed by atoms with van der Waals surface area (Å²) >= 11 is 0. The van der Waals surface area contributed by atoms with Gasteiger partial charge in [0.15, 0.2) is 0 Å². The topological polar surface area (TPSA) is 79.0 Å². The number of hydrogen-bond acceptors (Lipinski definition) is 4. The molecule has 2 rings (SSSR count). The Kier molecular flexibility index (Phi) is 4.00. The molecule has 0 saturated heterocycles. The van der Waals surface area contributed by atoms with E-state index < -0.39 is 4.92 Å². The molecule has 1 aromatic carbocycles. The van der Waals surface area contributed by atoms with E-state index in [9.17, 15) is 10.1 Å². The van der Waals surface area contributed by atoms with Crippen molar-refractivity contribution in [2.75, 3.05) is 5.32 Å². The number of anilines is 1. The molecule has 100 valence electrons. The molecule has 0 bridgehead atoms. The van der Waals surface area contributed by atoms with Crippen molar-refractivity contribution in [2.24, 2.45) is 5.92 Å². The zero-order chi connectivity index (χ0) is 13.8. The van der Waals surface area contributed by atoms with Crippen LogP contribution in [0.3, 0.4) is 0 Å². The summed E-state index contributed by atoms with van der Waals surface area (Å²) in [6.07, 6.45) is 5.01. The van der Waals surface area contributed by atoms with Crippen LogP contribution in [0.5, 0.6) is 0 Å². The van der Waals surface area contributed by atoms with Gasteiger partial charge in [0.1, 0.15) is 11.6 Å². The first kappa shape index (κ1) is 13.3. The SMILES string of the molecule is CC(Nc1ccc([N+](=O)[O-])c(C#N)c1)C1CCCC1. The molecule has 0 aliphatic heterocycles. The van der Waals surface area contributed by atoms with Gasteiger partial charge in [-0.3, -0.25) is 10.1 Å². The summed E-state index contributed by atoms with van der Waals surface area (Å²) in [6, 6.07) is 6.83. The third-order valence-corrected chi connectivity index (χ3v) is 3.81. The lowest BCUT2D eigenvalue weighted by molar-refractivity contribution is -0.385. The van der Waals surface area contributed by atoms with Crippen LogP contribution in [0, 0.1) is 27.4 Å². The van der Waals surface area contributed by atoms with Crippen LogP contribution in [0.2, 0.25) is 0 Å². The highest BCUT2D eigenvalue weighted by atomic mass is 16.6. The Morgan fingerprint density at radius 1 is 1.47 bits per heavy atom. The molecule has 0 spiro atoms. The van der Waals surface area contributed by atoms with Crippen molar-refractivity contribution in [1.29, 1.82) is 5.26 Å². The smallest absolute Gasteiger partial charge is 0.287 e. The first-order chi connectivity index (χ1) is 9.11. The Hall–Kier alpha value is -2.09. The summed E-state index contributed by atoms with van der Waals surface area (Å²) in [5.41, 5.74) is 0.747. The van der Waals surface area contributed by atoms with E-state index in [1.54, 1.807) is 12.1 Å². The highest BCUT2D eigenvalue weighted by Gasteiger charge is 2.22. The predicted octanol–water partition coefficient (Wildman–Crippen LogP) is 3.46. The minimum atomic E-state index is -0.525. The molecule has 1 aliphatic carbocycles. The molecule has 1 aromatic rings. The van der Waals surface area contributed by atoms with Crippen molar-refractivity contribution in [3.8, 4) is 6.07 Å². The molecule has 5 heteroatoms. The monoisotopic (exact) mass is 259 g/mol. The number of rotatable bonds is 4. The molecule has 1 fully saturated rings. The third kappa shape index (κ3) is 3.02.